The average molecular weight is 816 g/mol. The highest BCUT2D eigenvalue weighted by atomic mass is 35.5. The largest absolute Gasteiger partial charge is 0.462 e. The minimum absolute atomic E-state index is 0.0812. The van der Waals surface area contributed by atoms with Crippen molar-refractivity contribution in [2.75, 3.05) is 22.6 Å². The van der Waals surface area contributed by atoms with Gasteiger partial charge < -0.3 is 26.0 Å². The summed E-state index contributed by atoms with van der Waals surface area (Å²) in [6.45, 7) is 5.27. The van der Waals surface area contributed by atoms with Gasteiger partial charge >= 0.3 is 5.97 Å². The fraction of sp³-hybridized carbons (Fsp3) is 0.146. The summed E-state index contributed by atoms with van der Waals surface area (Å²) in [4.78, 5) is 67.8. The van der Waals surface area contributed by atoms with Gasteiger partial charge in [0.25, 0.3) is 17.7 Å². The zero-order chi connectivity index (χ0) is 39.5. The first-order chi connectivity index (χ1) is 26.5. The van der Waals surface area contributed by atoms with Crippen molar-refractivity contribution >= 4 is 98.4 Å². The van der Waals surface area contributed by atoms with Gasteiger partial charge in [0.15, 0.2) is 0 Å². The first-order valence-corrected chi connectivity index (χ1v) is 19.5. The van der Waals surface area contributed by atoms with Crippen molar-refractivity contribution in [3.05, 3.63) is 146 Å². The van der Waals surface area contributed by atoms with Crippen molar-refractivity contribution in [3.8, 4) is 0 Å². The molecule has 1 unspecified atom stereocenters. The molecule has 5 aromatic rings. The highest BCUT2D eigenvalue weighted by molar-refractivity contribution is 8.00. The van der Waals surface area contributed by atoms with E-state index in [9.17, 15) is 24.0 Å². The number of ether oxygens (including phenoxy) is 1. The number of nitrogens with one attached hydrogen (secondary N) is 4. The Kier molecular flexibility index (Phi) is 14.3. The third-order valence-electron chi connectivity index (χ3n) is 7.94. The standard InChI is InChI=1S/C41H36Cl2N4O6S2/c1-4-32(38(50)47-40-33(41(52)53-5-2)24(3)35(55-40)39(51)44-27-17-10-7-11-18-27)54-29-20-13-19-28(23-29)45-37(49)31(22-26-16-12-21-30(42)34(26)43)46-36(48)25-14-8-6-9-15-25/h6-23,32H,4-5H2,1-3H3,(H,44,51)(H,45,49)(H,46,48)(H,47,50)/b31-22+. The van der Waals surface area contributed by atoms with Crippen LogP contribution in [0.4, 0.5) is 16.4 Å². The molecular weight excluding hydrogens is 780 g/mol. The van der Waals surface area contributed by atoms with Crippen LogP contribution < -0.4 is 21.3 Å². The van der Waals surface area contributed by atoms with Crippen LogP contribution in [0.2, 0.25) is 10.0 Å². The number of para-hydroxylation sites is 1. The summed E-state index contributed by atoms with van der Waals surface area (Å²) in [7, 11) is 0. The Labute approximate surface area is 336 Å². The number of esters is 1. The van der Waals surface area contributed by atoms with Gasteiger partial charge in [-0.15, -0.1) is 23.1 Å². The Hall–Kier alpha value is -5.40. The van der Waals surface area contributed by atoms with Crippen molar-refractivity contribution in [1.29, 1.82) is 0 Å². The summed E-state index contributed by atoms with van der Waals surface area (Å²) < 4.78 is 5.28. The molecule has 0 aliphatic carbocycles. The number of rotatable bonds is 14. The molecule has 4 aromatic carbocycles. The Morgan fingerprint density at radius 1 is 0.800 bits per heavy atom. The minimum Gasteiger partial charge on any atom is -0.462 e. The maximum absolute atomic E-state index is 13.7. The highest BCUT2D eigenvalue weighted by Crippen LogP contribution is 2.36. The Morgan fingerprint density at radius 3 is 2.16 bits per heavy atom. The molecule has 4 amide bonds. The quantitative estimate of drug-likeness (QED) is 0.0497. The smallest absolute Gasteiger partial charge is 0.341 e. The number of benzene rings is 4. The van der Waals surface area contributed by atoms with Gasteiger partial charge in [0.2, 0.25) is 5.91 Å². The van der Waals surface area contributed by atoms with Crippen LogP contribution in [-0.4, -0.2) is 41.5 Å². The molecule has 0 spiro atoms. The zero-order valence-corrected chi connectivity index (χ0v) is 33.1. The summed E-state index contributed by atoms with van der Waals surface area (Å²) in [5.74, 6) is -2.60. The van der Waals surface area contributed by atoms with Crippen LogP contribution in [0.25, 0.3) is 6.08 Å². The highest BCUT2D eigenvalue weighted by Gasteiger charge is 2.29. The maximum Gasteiger partial charge on any atom is 0.341 e. The van der Waals surface area contributed by atoms with Crippen molar-refractivity contribution in [2.24, 2.45) is 0 Å². The Bertz CT molecular complexity index is 2250. The second-order valence-corrected chi connectivity index (χ2v) is 14.9. The van der Waals surface area contributed by atoms with Gasteiger partial charge in [-0.3, -0.25) is 19.2 Å². The molecule has 0 aliphatic heterocycles. The Balaban J connectivity index is 1.34. The third-order valence-corrected chi connectivity index (χ3v) is 11.3. The molecule has 1 heterocycles. The fourth-order valence-corrected chi connectivity index (χ4v) is 7.70. The van der Waals surface area contributed by atoms with Gasteiger partial charge in [-0.1, -0.05) is 84.7 Å². The van der Waals surface area contributed by atoms with E-state index >= 15 is 0 Å². The first-order valence-electron chi connectivity index (χ1n) is 17.1. The molecule has 5 rings (SSSR count). The van der Waals surface area contributed by atoms with E-state index in [-0.39, 0.29) is 37.8 Å². The normalized spacial score (nSPS) is 11.6. The van der Waals surface area contributed by atoms with E-state index in [0.29, 0.717) is 39.4 Å². The number of hydrogen-bond donors (Lipinski definition) is 4. The zero-order valence-electron chi connectivity index (χ0n) is 29.9. The van der Waals surface area contributed by atoms with E-state index in [4.69, 9.17) is 27.9 Å². The summed E-state index contributed by atoms with van der Waals surface area (Å²) in [5.41, 5.74) is 2.17. The van der Waals surface area contributed by atoms with E-state index in [1.165, 1.54) is 17.8 Å². The number of amides is 4. The molecule has 0 saturated heterocycles. The minimum atomic E-state index is -0.652. The summed E-state index contributed by atoms with van der Waals surface area (Å²) >= 11 is 14.9. The fourth-order valence-electron chi connectivity index (χ4n) is 5.23. The number of thiophene rings is 1. The predicted molar refractivity (Wildman–Crippen MR) is 221 cm³/mol. The van der Waals surface area contributed by atoms with E-state index in [1.54, 1.807) is 111 Å². The second-order valence-electron chi connectivity index (χ2n) is 11.8. The average Bonchev–Trinajstić information content (AvgIpc) is 3.51. The molecule has 282 valence electrons. The van der Waals surface area contributed by atoms with Gasteiger partial charge in [-0.2, -0.15) is 0 Å². The lowest BCUT2D eigenvalue weighted by Gasteiger charge is -2.16. The van der Waals surface area contributed by atoms with E-state index in [0.717, 1.165) is 11.3 Å². The molecule has 4 N–H and O–H groups in total. The van der Waals surface area contributed by atoms with Crippen LogP contribution in [0.5, 0.6) is 0 Å². The van der Waals surface area contributed by atoms with Gasteiger partial charge in [0.05, 0.1) is 32.3 Å². The van der Waals surface area contributed by atoms with Crippen LogP contribution >= 0.6 is 46.3 Å². The van der Waals surface area contributed by atoms with Gasteiger partial charge in [0.1, 0.15) is 10.7 Å². The lowest BCUT2D eigenvalue weighted by molar-refractivity contribution is -0.116. The lowest BCUT2D eigenvalue weighted by Crippen LogP contribution is -2.30. The van der Waals surface area contributed by atoms with Crippen LogP contribution in [-0.2, 0) is 14.3 Å². The van der Waals surface area contributed by atoms with Gasteiger partial charge in [-0.25, -0.2) is 4.79 Å². The van der Waals surface area contributed by atoms with Crippen molar-refractivity contribution < 1.29 is 28.7 Å². The van der Waals surface area contributed by atoms with Crippen LogP contribution in [0.1, 0.15) is 61.8 Å². The third kappa shape index (κ3) is 10.6. The van der Waals surface area contributed by atoms with Gasteiger partial charge in [0, 0.05) is 21.8 Å². The van der Waals surface area contributed by atoms with Crippen molar-refractivity contribution in [3.63, 3.8) is 0 Å². The van der Waals surface area contributed by atoms with Crippen LogP contribution in [0.3, 0.4) is 0 Å². The Morgan fingerprint density at radius 2 is 1.47 bits per heavy atom. The summed E-state index contributed by atoms with van der Waals surface area (Å²) in [6.07, 6.45) is 1.85. The predicted octanol–water partition coefficient (Wildman–Crippen LogP) is 9.71. The number of carbonyl (C=O) groups is 5. The van der Waals surface area contributed by atoms with Gasteiger partial charge in [-0.05, 0) is 86.0 Å². The topological polar surface area (TPSA) is 143 Å². The van der Waals surface area contributed by atoms with Crippen molar-refractivity contribution in [1.82, 2.24) is 5.32 Å². The summed E-state index contributed by atoms with van der Waals surface area (Å²) in [5, 5.41) is 11.3. The molecule has 0 fully saturated rings. The van der Waals surface area contributed by atoms with E-state index in [2.05, 4.69) is 21.3 Å². The summed E-state index contributed by atoms with van der Waals surface area (Å²) in [6, 6.07) is 29.2. The molecule has 14 heteroatoms. The maximum atomic E-state index is 13.7. The van der Waals surface area contributed by atoms with Crippen LogP contribution in [0.15, 0.2) is 114 Å². The molecule has 10 nitrogen and oxygen atoms in total. The number of carbonyl (C=O) groups excluding carboxylic acids is 5. The monoisotopic (exact) mass is 814 g/mol. The molecule has 0 bridgehead atoms. The molecule has 1 aromatic heterocycles. The first kappa shape index (κ1) is 40.8. The molecule has 55 heavy (non-hydrogen) atoms. The number of halogens is 2. The molecule has 0 radical (unpaired) electrons. The molecular formula is C41H36Cl2N4O6S2. The number of hydrogen-bond acceptors (Lipinski definition) is 8. The molecule has 0 aliphatic rings. The molecule has 0 saturated carbocycles. The second kappa shape index (κ2) is 19.3. The lowest BCUT2D eigenvalue weighted by atomic mass is 10.1. The van der Waals surface area contributed by atoms with E-state index < -0.39 is 34.8 Å². The number of anilines is 3. The van der Waals surface area contributed by atoms with Crippen molar-refractivity contribution in [2.45, 2.75) is 37.3 Å². The SMILES string of the molecule is CCOC(=O)c1c(NC(=O)C(CC)Sc2cccc(NC(=O)/C(=C\c3cccc(Cl)c3Cl)NC(=O)c3ccccc3)c2)sc(C(=O)Nc2ccccc2)c1C. The molecule has 1 atom stereocenters. The van der Waals surface area contributed by atoms with E-state index in [1.807, 2.05) is 13.0 Å². The van der Waals surface area contributed by atoms with Crippen LogP contribution in [0, 0.1) is 6.92 Å². The number of thioether (sulfide) groups is 1.